The maximum Gasteiger partial charge on any atom is 0.393 e. The summed E-state index contributed by atoms with van der Waals surface area (Å²) in [4.78, 5) is 14.0. The third-order valence-electron chi connectivity index (χ3n) is 4.84. The molecule has 0 bridgehead atoms. The lowest BCUT2D eigenvalue weighted by Gasteiger charge is -2.36. The highest BCUT2D eigenvalue weighted by molar-refractivity contribution is 6.02. The van der Waals surface area contributed by atoms with Crippen molar-refractivity contribution < 1.29 is 31.1 Å². The second-order valence-corrected chi connectivity index (χ2v) is 6.86. The van der Waals surface area contributed by atoms with Crippen LogP contribution in [0.1, 0.15) is 29.6 Å². The van der Waals surface area contributed by atoms with Crippen LogP contribution in [0.25, 0.3) is 0 Å². The maximum absolute atomic E-state index is 13.2. The molecule has 1 heterocycles. The summed E-state index contributed by atoms with van der Waals surface area (Å²) in [6.07, 6.45) is -9.68. The van der Waals surface area contributed by atoms with E-state index in [4.69, 9.17) is 0 Å². The summed E-state index contributed by atoms with van der Waals surface area (Å²) in [6, 6.07) is 2.98. The molecule has 0 spiro atoms. The van der Waals surface area contributed by atoms with E-state index in [-0.39, 0.29) is 24.2 Å². The van der Waals surface area contributed by atoms with E-state index in [9.17, 15) is 31.1 Å². The molecule has 0 aromatic heterocycles. The number of carbonyl (C=O) groups excluding carboxylic acids is 1. The van der Waals surface area contributed by atoms with E-state index in [1.165, 1.54) is 11.0 Å². The van der Waals surface area contributed by atoms with Gasteiger partial charge in [-0.3, -0.25) is 4.79 Å². The molecule has 29 heavy (non-hydrogen) atoms. The number of alkyl halides is 6. The Balaban J connectivity index is 2.35. The van der Waals surface area contributed by atoms with Gasteiger partial charge >= 0.3 is 12.4 Å². The molecule has 1 unspecified atom stereocenters. The summed E-state index contributed by atoms with van der Waals surface area (Å²) < 4.78 is 76.7. The smallest absolute Gasteiger partial charge is 0.386 e. The zero-order valence-corrected chi connectivity index (χ0v) is 16.1. The van der Waals surface area contributed by atoms with Gasteiger partial charge in [-0.2, -0.15) is 26.3 Å². The van der Waals surface area contributed by atoms with Crippen LogP contribution in [-0.4, -0.2) is 52.0 Å². The number of nitrogens with zero attached hydrogens (tertiary/aromatic N) is 1. The molecule has 1 amide bonds. The van der Waals surface area contributed by atoms with Crippen molar-refractivity contribution in [2.45, 2.75) is 31.6 Å². The van der Waals surface area contributed by atoms with Gasteiger partial charge in [-0.25, -0.2) is 0 Å². The summed E-state index contributed by atoms with van der Waals surface area (Å²) in [5.41, 5.74) is 1.34. The molecule has 5 nitrogen and oxygen atoms in total. The Bertz CT molecular complexity index is 720. The SMILES string of the molecule is CNc1cc(C(=O)NCCC(F)(F)F)c(N2CCCC(C(F)(F)F)C2)cc1NC. The molecule has 1 fully saturated rings. The van der Waals surface area contributed by atoms with E-state index in [2.05, 4.69) is 16.0 Å². The summed E-state index contributed by atoms with van der Waals surface area (Å²) in [7, 11) is 3.22. The first kappa shape index (κ1) is 23.0. The molecular weight excluding hydrogens is 402 g/mol. The molecule has 1 aromatic rings. The van der Waals surface area contributed by atoms with E-state index in [1.807, 2.05) is 0 Å². The highest BCUT2D eigenvalue weighted by Crippen LogP contribution is 2.38. The summed E-state index contributed by atoms with van der Waals surface area (Å²) in [6.45, 7) is -0.610. The van der Waals surface area contributed by atoms with Crippen molar-refractivity contribution in [3.63, 3.8) is 0 Å². The standard InChI is InChI=1S/C18H24F6N4O/c1-25-13-8-12(16(29)27-6-5-17(19,20)21)15(9-14(13)26-2)28-7-3-4-11(10-28)18(22,23)24/h8-9,11,25-26H,3-7,10H2,1-2H3,(H,27,29). The third-order valence-corrected chi connectivity index (χ3v) is 4.84. The normalized spacial score (nSPS) is 17.8. The highest BCUT2D eigenvalue weighted by Gasteiger charge is 2.42. The molecule has 1 saturated heterocycles. The Morgan fingerprint density at radius 3 is 2.28 bits per heavy atom. The second kappa shape index (κ2) is 9.00. The van der Waals surface area contributed by atoms with Gasteiger partial charge in [0, 0.05) is 33.7 Å². The quantitative estimate of drug-likeness (QED) is 0.596. The first-order valence-electron chi connectivity index (χ1n) is 9.16. The maximum atomic E-state index is 13.2. The zero-order chi connectivity index (χ0) is 21.8. The van der Waals surface area contributed by atoms with Crippen molar-refractivity contribution in [1.29, 1.82) is 0 Å². The van der Waals surface area contributed by atoms with Crippen molar-refractivity contribution in [3.8, 4) is 0 Å². The number of hydrogen-bond donors (Lipinski definition) is 3. The van der Waals surface area contributed by atoms with Gasteiger partial charge in [0.25, 0.3) is 5.91 Å². The molecule has 0 saturated carbocycles. The van der Waals surface area contributed by atoms with Gasteiger partial charge in [-0.1, -0.05) is 0 Å². The van der Waals surface area contributed by atoms with Crippen molar-refractivity contribution >= 4 is 23.0 Å². The van der Waals surface area contributed by atoms with E-state index >= 15 is 0 Å². The predicted molar refractivity (Wildman–Crippen MR) is 99.5 cm³/mol. The fourth-order valence-electron chi connectivity index (χ4n) is 3.32. The number of benzene rings is 1. The minimum Gasteiger partial charge on any atom is -0.386 e. The van der Waals surface area contributed by atoms with Crippen LogP contribution in [0.4, 0.5) is 43.4 Å². The monoisotopic (exact) mass is 426 g/mol. The minimum atomic E-state index is -4.42. The predicted octanol–water partition coefficient (Wildman–Crippen LogP) is 4.23. The van der Waals surface area contributed by atoms with Gasteiger partial charge < -0.3 is 20.9 Å². The molecule has 0 aliphatic carbocycles. The molecule has 164 valence electrons. The summed E-state index contributed by atoms with van der Waals surface area (Å²) >= 11 is 0. The van der Waals surface area contributed by atoms with E-state index < -0.39 is 37.1 Å². The van der Waals surface area contributed by atoms with Crippen LogP contribution in [0.3, 0.4) is 0 Å². The molecule has 2 rings (SSSR count). The van der Waals surface area contributed by atoms with Crippen LogP contribution < -0.4 is 20.9 Å². The lowest BCUT2D eigenvalue weighted by atomic mass is 9.96. The molecule has 1 aromatic carbocycles. The Morgan fingerprint density at radius 2 is 1.72 bits per heavy atom. The van der Waals surface area contributed by atoms with Gasteiger partial charge in [-0.05, 0) is 25.0 Å². The van der Waals surface area contributed by atoms with Crippen molar-refractivity contribution in [2.24, 2.45) is 5.92 Å². The van der Waals surface area contributed by atoms with Crippen molar-refractivity contribution in [3.05, 3.63) is 17.7 Å². The van der Waals surface area contributed by atoms with Gasteiger partial charge in [0.15, 0.2) is 0 Å². The van der Waals surface area contributed by atoms with Crippen LogP contribution in [0.2, 0.25) is 0 Å². The lowest BCUT2D eigenvalue weighted by molar-refractivity contribution is -0.176. The number of carbonyl (C=O) groups is 1. The molecule has 11 heteroatoms. The average molecular weight is 426 g/mol. The Kier molecular flexibility index (Phi) is 7.12. The zero-order valence-electron chi connectivity index (χ0n) is 16.1. The van der Waals surface area contributed by atoms with Crippen LogP contribution in [0.5, 0.6) is 0 Å². The Morgan fingerprint density at radius 1 is 1.10 bits per heavy atom. The largest absolute Gasteiger partial charge is 0.393 e. The minimum absolute atomic E-state index is 0.000592. The van der Waals surface area contributed by atoms with Crippen LogP contribution >= 0.6 is 0 Å². The number of halogens is 6. The molecule has 3 N–H and O–H groups in total. The summed E-state index contributed by atoms with van der Waals surface area (Å²) in [5.74, 6) is -2.29. The van der Waals surface area contributed by atoms with Gasteiger partial charge in [0.1, 0.15) is 0 Å². The van der Waals surface area contributed by atoms with Gasteiger partial charge in [0.2, 0.25) is 0 Å². The van der Waals surface area contributed by atoms with Gasteiger partial charge in [-0.15, -0.1) is 0 Å². The fraction of sp³-hybridized carbons (Fsp3) is 0.611. The molecule has 1 atom stereocenters. The number of hydrogen-bond acceptors (Lipinski definition) is 4. The number of amides is 1. The molecular formula is C18H24F6N4O. The molecule has 1 aliphatic rings. The highest BCUT2D eigenvalue weighted by atomic mass is 19.4. The average Bonchev–Trinajstić information content (AvgIpc) is 2.65. The number of piperidine rings is 1. The first-order valence-corrected chi connectivity index (χ1v) is 9.16. The van der Waals surface area contributed by atoms with Crippen molar-refractivity contribution in [2.75, 3.05) is 49.3 Å². The van der Waals surface area contributed by atoms with E-state index in [1.54, 1.807) is 20.2 Å². The second-order valence-electron chi connectivity index (χ2n) is 6.86. The van der Waals surface area contributed by atoms with Crippen LogP contribution in [-0.2, 0) is 0 Å². The third kappa shape index (κ3) is 6.07. The number of nitrogens with one attached hydrogen (secondary N) is 3. The Hall–Kier alpha value is -2.33. The number of rotatable bonds is 6. The van der Waals surface area contributed by atoms with Crippen LogP contribution in [0.15, 0.2) is 12.1 Å². The van der Waals surface area contributed by atoms with Crippen molar-refractivity contribution in [1.82, 2.24) is 5.32 Å². The van der Waals surface area contributed by atoms with E-state index in [0.717, 1.165) is 0 Å². The van der Waals surface area contributed by atoms with Gasteiger partial charge in [0.05, 0.1) is 35.0 Å². The number of anilines is 3. The summed E-state index contributed by atoms with van der Waals surface area (Å²) in [5, 5.41) is 7.98. The topological polar surface area (TPSA) is 56.4 Å². The lowest BCUT2D eigenvalue weighted by Crippen LogP contribution is -2.42. The van der Waals surface area contributed by atoms with E-state index in [0.29, 0.717) is 24.3 Å². The molecule has 0 radical (unpaired) electrons. The Labute approximate surface area is 164 Å². The first-order chi connectivity index (χ1) is 13.5. The van der Waals surface area contributed by atoms with Crippen LogP contribution in [0, 0.1) is 5.92 Å². The molecule has 1 aliphatic heterocycles. The fourth-order valence-corrected chi connectivity index (χ4v) is 3.32.